The second kappa shape index (κ2) is 8.14. The van der Waals surface area contributed by atoms with E-state index in [4.69, 9.17) is 4.74 Å². The van der Waals surface area contributed by atoms with E-state index in [0.29, 0.717) is 28.2 Å². The van der Waals surface area contributed by atoms with Gasteiger partial charge in [-0.25, -0.2) is 4.79 Å². The van der Waals surface area contributed by atoms with Gasteiger partial charge in [-0.15, -0.1) is 10.2 Å². The summed E-state index contributed by atoms with van der Waals surface area (Å²) >= 11 is 0. The zero-order valence-corrected chi connectivity index (χ0v) is 17.4. The number of benzene rings is 1. The van der Waals surface area contributed by atoms with Crippen LogP contribution in [-0.2, 0) is 17.7 Å². The molecule has 1 aliphatic rings. The quantitative estimate of drug-likeness (QED) is 0.643. The molecular formula is C22H25N5O3. The molecule has 2 aromatic heterocycles. The average molecular weight is 407 g/mol. The lowest BCUT2D eigenvalue weighted by Gasteiger charge is -2.09. The number of fused-ring (bicyclic) bond motifs is 1. The maximum Gasteiger partial charge on any atom is 0.339 e. The molecule has 0 saturated heterocycles. The van der Waals surface area contributed by atoms with E-state index < -0.39 is 5.97 Å². The number of hydrogen-bond acceptors (Lipinski definition) is 5. The Balaban J connectivity index is 1.60. The Labute approximate surface area is 174 Å². The highest BCUT2D eigenvalue weighted by molar-refractivity contribution is 6.07. The van der Waals surface area contributed by atoms with Crippen molar-refractivity contribution in [3.05, 3.63) is 52.6 Å². The van der Waals surface area contributed by atoms with Crippen molar-refractivity contribution in [2.45, 2.75) is 46.1 Å². The highest BCUT2D eigenvalue weighted by Gasteiger charge is 2.23. The minimum Gasteiger partial charge on any atom is -0.465 e. The van der Waals surface area contributed by atoms with Gasteiger partial charge in [0.2, 0.25) is 0 Å². The molecule has 0 unspecified atom stereocenters. The van der Waals surface area contributed by atoms with Crippen LogP contribution in [0.2, 0.25) is 0 Å². The van der Waals surface area contributed by atoms with Crippen LogP contribution in [0.15, 0.2) is 24.3 Å². The number of methoxy groups -OCH3 is 1. The molecular weight excluding hydrogens is 382 g/mol. The molecule has 0 saturated carbocycles. The van der Waals surface area contributed by atoms with Crippen LogP contribution < -0.4 is 5.32 Å². The number of nitrogens with zero attached hydrogens (tertiary/aromatic N) is 3. The smallest absolute Gasteiger partial charge is 0.339 e. The highest BCUT2D eigenvalue weighted by atomic mass is 16.5. The van der Waals surface area contributed by atoms with Crippen molar-refractivity contribution in [3.8, 4) is 11.4 Å². The zero-order chi connectivity index (χ0) is 21.3. The minimum atomic E-state index is -0.463. The first-order valence-electron chi connectivity index (χ1n) is 10.1. The number of aryl methyl sites for hydroxylation is 2. The van der Waals surface area contributed by atoms with Gasteiger partial charge in [0.15, 0.2) is 5.82 Å². The number of aromatic amines is 1. The Hall–Kier alpha value is -3.42. The molecule has 0 bridgehead atoms. The molecule has 8 heteroatoms. The maximum absolute atomic E-state index is 12.9. The fourth-order valence-electron chi connectivity index (χ4n) is 4.01. The molecule has 8 nitrogen and oxygen atoms in total. The van der Waals surface area contributed by atoms with Crippen molar-refractivity contribution >= 4 is 17.6 Å². The van der Waals surface area contributed by atoms with Crippen LogP contribution in [0.1, 0.15) is 57.2 Å². The van der Waals surface area contributed by atoms with Crippen LogP contribution in [0.5, 0.6) is 0 Å². The summed E-state index contributed by atoms with van der Waals surface area (Å²) in [4.78, 5) is 27.8. The Kier molecular flexibility index (Phi) is 5.39. The summed E-state index contributed by atoms with van der Waals surface area (Å²) in [7, 11) is 1.32. The van der Waals surface area contributed by atoms with Crippen molar-refractivity contribution in [2.24, 2.45) is 0 Å². The van der Waals surface area contributed by atoms with Crippen LogP contribution in [0.3, 0.4) is 0 Å². The van der Waals surface area contributed by atoms with Crippen molar-refractivity contribution in [3.63, 3.8) is 0 Å². The second-order valence-electron chi connectivity index (χ2n) is 7.55. The van der Waals surface area contributed by atoms with Crippen LogP contribution in [-0.4, -0.2) is 38.7 Å². The Morgan fingerprint density at radius 2 is 2.00 bits per heavy atom. The van der Waals surface area contributed by atoms with E-state index in [1.54, 1.807) is 13.8 Å². The zero-order valence-electron chi connectivity index (χ0n) is 17.4. The Morgan fingerprint density at radius 3 is 2.80 bits per heavy atom. The lowest BCUT2D eigenvalue weighted by atomic mass is 10.1. The van der Waals surface area contributed by atoms with Gasteiger partial charge in [-0.3, -0.25) is 4.79 Å². The molecule has 0 atom stereocenters. The van der Waals surface area contributed by atoms with E-state index in [0.717, 1.165) is 43.0 Å². The van der Waals surface area contributed by atoms with Gasteiger partial charge in [-0.1, -0.05) is 18.6 Å². The summed E-state index contributed by atoms with van der Waals surface area (Å²) in [5.74, 6) is 1.06. The van der Waals surface area contributed by atoms with Crippen molar-refractivity contribution in [1.82, 2.24) is 19.7 Å². The Morgan fingerprint density at radius 1 is 1.17 bits per heavy atom. The predicted octanol–water partition coefficient (Wildman–Crippen LogP) is 3.66. The SMILES string of the molecule is COC(=O)c1c(C)[nH]c(C(=O)Nc2cccc(-c3nnc4n3CCCCC4)c2)c1C. The van der Waals surface area contributed by atoms with Gasteiger partial charge >= 0.3 is 5.97 Å². The maximum atomic E-state index is 12.9. The lowest BCUT2D eigenvalue weighted by Crippen LogP contribution is -2.14. The predicted molar refractivity (Wildman–Crippen MR) is 113 cm³/mol. The van der Waals surface area contributed by atoms with Gasteiger partial charge in [0.1, 0.15) is 11.5 Å². The van der Waals surface area contributed by atoms with Crippen molar-refractivity contribution in [1.29, 1.82) is 0 Å². The van der Waals surface area contributed by atoms with Crippen LogP contribution in [0, 0.1) is 13.8 Å². The van der Waals surface area contributed by atoms with E-state index in [9.17, 15) is 9.59 Å². The van der Waals surface area contributed by atoms with Gasteiger partial charge in [0, 0.05) is 29.9 Å². The van der Waals surface area contributed by atoms with E-state index in [1.165, 1.54) is 13.5 Å². The first-order valence-corrected chi connectivity index (χ1v) is 10.1. The van der Waals surface area contributed by atoms with Gasteiger partial charge in [-0.05, 0) is 44.4 Å². The largest absolute Gasteiger partial charge is 0.465 e. The number of esters is 1. The number of carbonyl (C=O) groups is 2. The normalized spacial score (nSPS) is 13.4. The lowest BCUT2D eigenvalue weighted by molar-refractivity contribution is 0.0599. The van der Waals surface area contributed by atoms with Crippen LogP contribution in [0.4, 0.5) is 5.69 Å². The number of carbonyl (C=O) groups excluding carboxylic acids is 2. The van der Waals surface area contributed by atoms with Gasteiger partial charge in [0.05, 0.1) is 12.7 Å². The van der Waals surface area contributed by atoms with Gasteiger partial charge < -0.3 is 19.6 Å². The van der Waals surface area contributed by atoms with Crippen LogP contribution in [0.25, 0.3) is 11.4 Å². The van der Waals surface area contributed by atoms with E-state index in [1.807, 2.05) is 24.3 Å². The second-order valence-corrected chi connectivity index (χ2v) is 7.55. The Bertz CT molecular complexity index is 1110. The standard InChI is InChI=1S/C22H25N5O3/c1-13-18(22(29)30-3)14(2)23-19(13)21(28)24-16-9-7-8-15(12-16)20-26-25-17-10-5-4-6-11-27(17)20/h7-9,12,23H,4-6,10-11H2,1-3H3,(H,24,28). The summed E-state index contributed by atoms with van der Waals surface area (Å²) in [6.07, 6.45) is 4.39. The first kappa shape index (κ1) is 19.9. The van der Waals surface area contributed by atoms with E-state index in [2.05, 4.69) is 25.1 Å². The monoisotopic (exact) mass is 407 g/mol. The minimum absolute atomic E-state index is 0.317. The van der Waals surface area contributed by atoms with Crippen molar-refractivity contribution in [2.75, 3.05) is 12.4 Å². The van der Waals surface area contributed by atoms with E-state index in [-0.39, 0.29) is 5.91 Å². The number of H-pyrrole nitrogens is 1. The molecule has 1 aromatic carbocycles. The molecule has 1 aliphatic heterocycles. The van der Waals surface area contributed by atoms with Crippen LogP contribution >= 0.6 is 0 Å². The van der Waals surface area contributed by atoms with Crippen molar-refractivity contribution < 1.29 is 14.3 Å². The highest BCUT2D eigenvalue weighted by Crippen LogP contribution is 2.26. The molecule has 1 amide bonds. The van der Waals surface area contributed by atoms with Gasteiger partial charge in [0.25, 0.3) is 5.91 Å². The molecule has 156 valence electrons. The number of ether oxygens (including phenoxy) is 1. The topological polar surface area (TPSA) is 102 Å². The molecule has 3 aromatic rings. The molecule has 3 heterocycles. The molecule has 2 N–H and O–H groups in total. The summed E-state index contributed by atoms with van der Waals surface area (Å²) in [6.45, 7) is 4.38. The molecule has 30 heavy (non-hydrogen) atoms. The molecule has 0 fully saturated rings. The number of nitrogens with one attached hydrogen (secondary N) is 2. The molecule has 4 rings (SSSR count). The third-order valence-electron chi connectivity index (χ3n) is 5.54. The number of hydrogen-bond donors (Lipinski definition) is 2. The summed E-state index contributed by atoms with van der Waals surface area (Å²) in [5.41, 5.74) is 3.45. The molecule has 0 spiro atoms. The number of amides is 1. The summed E-state index contributed by atoms with van der Waals surface area (Å²) in [6, 6.07) is 7.58. The number of aromatic nitrogens is 4. The number of anilines is 1. The van der Waals surface area contributed by atoms with E-state index >= 15 is 0 Å². The average Bonchev–Trinajstić information content (AvgIpc) is 3.18. The fourth-order valence-corrected chi connectivity index (χ4v) is 4.01. The third-order valence-corrected chi connectivity index (χ3v) is 5.54. The molecule has 0 radical (unpaired) electrons. The summed E-state index contributed by atoms with van der Waals surface area (Å²) in [5, 5.41) is 11.7. The first-order chi connectivity index (χ1) is 14.5. The van der Waals surface area contributed by atoms with Gasteiger partial charge in [-0.2, -0.15) is 0 Å². The fraction of sp³-hybridized carbons (Fsp3) is 0.364. The molecule has 0 aliphatic carbocycles. The number of rotatable bonds is 4. The third kappa shape index (κ3) is 3.60. The summed E-state index contributed by atoms with van der Waals surface area (Å²) < 4.78 is 6.99.